The number of piperazine rings is 1. The Bertz CT molecular complexity index is 1010. The summed E-state index contributed by atoms with van der Waals surface area (Å²) >= 11 is 1.14. The summed E-state index contributed by atoms with van der Waals surface area (Å²) in [6.45, 7) is -0.798. The topological polar surface area (TPSA) is 92.8 Å². The van der Waals surface area contributed by atoms with Gasteiger partial charge in [0.05, 0.1) is 0 Å². The van der Waals surface area contributed by atoms with E-state index >= 15 is 0 Å². The standard InChI is InChI=1S/C20H19FN2O5S/c21-13-4-5-14-12(8-13)9-15(29-14)18(26)28-11-17(25)23-10-16(24)22-19(27)20(23)6-2-1-3-7-20/h4-5,8-9H,1-3,6-7,10-11H2,(H,22,24,27). The average Bonchev–Trinajstić information content (AvgIpc) is 3.13. The van der Waals surface area contributed by atoms with E-state index in [1.807, 2.05) is 0 Å². The van der Waals surface area contributed by atoms with Crippen LogP contribution in [0.15, 0.2) is 24.3 Å². The summed E-state index contributed by atoms with van der Waals surface area (Å²) < 4.78 is 19.2. The highest BCUT2D eigenvalue weighted by Crippen LogP contribution is 2.35. The first kappa shape index (κ1) is 19.5. The minimum absolute atomic E-state index is 0.232. The first-order valence-electron chi connectivity index (χ1n) is 9.40. The van der Waals surface area contributed by atoms with Crippen LogP contribution in [-0.2, 0) is 19.1 Å². The van der Waals surface area contributed by atoms with Gasteiger partial charge < -0.3 is 9.64 Å². The van der Waals surface area contributed by atoms with Crippen LogP contribution in [0, 0.1) is 5.82 Å². The van der Waals surface area contributed by atoms with Crippen molar-refractivity contribution in [3.05, 3.63) is 35.0 Å². The van der Waals surface area contributed by atoms with Crippen LogP contribution in [0.3, 0.4) is 0 Å². The van der Waals surface area contributed by atoms with Crippen molar-refractivity contribution in [1.29, 1.82) is 0 Å². The third-order valence-electron chi connectivity index (χ3n) is 5.48. The molecule has 0 radical (unpaired) electrons. The van der Waals surface area contributed by atoms with Gasteiger partial charge in [0.25, 0.3) is 11.8 Å². The Morgan fingerprint density at radius 3 is 2.69 bits per heavy atom. The monoisotopic (exact) mass is 418 g/mol. The van der Waals surface area contributed by atoms with E-state index in [2.05, 4.69) is 5.32 Å². The number of thiophene rings is 1. The van der Waals surface area contributed by atoms with E-state index in [-0.39, 0.29) is 11.4 Å². The first-order chi connectivity index (χ1) is 13.9. The highest BCUT2D eigenvalue weighted by Gasteiger charge is 2.51. The average molecular weight is 418 g/mol. The summed E-state index contributed by atoms with van der Waals surface area (Å²) in [5, 5.41) is 2.90. The first-order valence-corrected chi connectivity index (χ1v) is 10.2. The number of imide groups is 1. The third kappa shape index (κ3) is 3.62. The number of ether oxygens (including phenoxy) is 1. The molecule has 152 valence electrons. The van der Waals surface area contributed by atoms with Gasteiger partial charge >= 0.3 is 5.97 Å². The van der Waals surface area contributed by atoms with Crippen LogP contribution >= 0.6 is 11.3 Å². The molecule has 2 aliphatic rings. The zero-order chi connectivity index (χ0) is 20.6. The van der Waals surface area contributed by atoms with Crippen LogP contribution in [0.5, 0.6) is 0 Å². The molecule has 1 aliphatic carbocycles. The second-order valence-electron chi connectivity index (χ2n) is 7.32. The maximum Gasteiger partial charge on any atom is 0.348 e. The van der Waals surface area contributed by atoms with Crippen molar-refractivity contribution in [2.45, 2.75) is 37.6 Å². The molecule has 1 aliphatic heterocycles. The molecule has 29 heavy (non-hydrogen) atoms. The highest BCUT2D eigenvalue weighted by atomic mass is 32.1. The molecule has 2 heterocycles. The van der Waals surface area contributed by atoms with Gasteiger partial charge in [-0.2, -0.15) is 0 Å². The Balaban J connectivity index is 1.47. The Morgan fingerprint density at radius 1 is 1.17 bits per heavy atom. The van der Waals surface area contributed by atoms with Gasteiger partial charge in [0.2, 0.25) is 5.91 Å². The lowest BCUT2D eigenvalue weighted by Gasteiger charge is -2.47. The summed E-state index contributed by atoms with van der Waals surface area (Å²) in [5.74, 6) is -2.69. The Labute approximate surface area is 169 Å². The molecular formula is C20H19FN2O5S. The number of hydrogen-bond acceptors (Lipinski definition) is 6. The summed E-state index contributed by atoms with van der Waals surface area (Å²) in [7, 11) is 0. The van der Waals surface area contributed by atoms with Crippen LogP contribution in [0.25, 0.3) is 10.1 Å². The maximum absolute atomic E-state index is 13.3. The molecule has 3 amide bonds. The number of halogens is 1. The number of hydrogen-bond donors (Lipinski definition) is 1. The lowest BCUT2D eigenvalue weighted by molar-refractivity contribution is -0.161. The van der Waals surface area contributed by atoms with Gasteiger partial charge in [-0.1, -0.05) is 19.3 Å². The quantitative estimate of drug-likeness (QED) is 0.610. The Morgan fingerprint density at radius 2 is 1.93 bits per heavy atom. The van der Waals surface area contributed by atoms with Crippen LogP contribution in [0.1, 0.15) is 41.8 Å². The number of carbonyl (C=O) groups excluding carboxylic acids is 4. The van der Waals surface area contributed by atoms with Crippen molar-refractivity contribution in [2.24, 2.45) is 0 Å². The fourth-order valence-electron chi connectivity index (χ4n) is 4.05. The van der Waals surface area contributed by atoms with E-state index in [9.17, 15) is 23.6 Å². The molecule has 1 N–H and O–H groups in total. The number of nitrogens with zero attached hydrogens (tertiary/aromatic N) is 1. The zero-order valence-corrected chi connectivity index (χ0v) is 16.4. The molecule has 0 bridgehead atoms. The summed E-state index contributed by atoms with van der Waals surface area (Å²) in [6, 6.07) is 5.70. The molecule has 0 unspecified atom stereocenters. The van der Waals surface area contributed by atoms with Gasteiger partial charge in [0.1, 0.15) is 22.8 Å². The predicted octanol–water partition coefficient (Wildman–Crippen LogP) is 2.39. The van der Waals surface area contributed by atoms with Gasteiger partial charge in [-0.05, 0) is 42.5 Å². The van der Waals surface area contributed by atoms with E-state index in [0.29, 0.717) is 18.2 Å². The van der Waals surface area contributed by atoms with E-state index in [1.54, 1.807) is 6.07 Å². The fourth-order valence-corrected chi connectivity index (χ4v) is 4.99. The van der Waals surface area contributed by atoms with Crippen molar-refractivity contribution >= 4 is 45.1 Å². The molecule has 2 fully saturated rings. The second-order valence-corrected chi connectivity index (χ2v) is 8.40. The van der Waals surface area contributed by atoms with Crippen LogP contribution in [-0.4, -0.2) is 47.3 Å². The van der Waals surface area contributed by atoms with Crippen molar-refractivity contribution in [3.8, 4) is 0 Å². The molecule has 7 nitrogen and oxygen atoms in total. The van der Waals surface area contributed by atoms with Crippen molar-refractivity contribution in [2.75, 3.05) is 13.2 Å². The molecule has 2 aromatic rings. The smallest absolute Gasteiger partial charge is 0.348 e. The normalized spacial score (nSPS) is 18.7. The number of amides is 3. The van der Waals surface area contributed by atoms with Crippen LogP contribution < -0.4 is 5.32 Å². The number of benzene rings is 1. The van der Waals surface area contributed by atoms with Crippen molar-refractivity contribution < 1.29 is 28.3 Å². The number of fused-ring (bicyclic) bond motifs is 1. The van der Waals surface area contributed by atoms with Crippen LogP contribution in [0.4, 0.5) is 4.39 Å². The van der Waals surface area contributed by atoms with E-state index < -0.39 is 41.7 Å². The number of carbonyl (C=O) groups is 4. The molecule has 1 saturated heterocycles. The second kappa shape index (κ2) is 7.55. The van der Waals surface area contributed by atoms with E-state index in [4.69, 9.17) is 4.74 Å². The van der Waals surface area contributed by atoms with Crippen LogP contribution in [0.2, 0.25) is 0 Å². The lowest BCUT2D eigenvalue weighted by Crippen LogP contribution is -2.69. The van der Waals surface area contributed by atoms with E-state index in [0.717, 1.165) is 35.3 Å². The lowest BCUT2D eigenvalue weighted by atomic mass is 9.78. The van der Waals surface area contributed by atoms with E-state index in [1.165, 1.54) is 23.1 Å². The number of rotatable bonds is 3. The molecule has 1 saturated carbocycles. The van der Waals surface area contributed by atoms with Gasteiger partial charge in [-0.15, -0.1) is 11.3 Å². The summed E-state index contributed by atoms with van der Waals surface area (Å²) in [4.78, 5) is 51.0. The molecule has 1 aromatic carbocycles. The molecule has 4 rings (SSSR count). The molecule has 1 aromatic heterocycles. The third-order valence-corrected chi connectivity index (χ3v) is 6.58. The SMILES string of the molecule is O=C1CN(C(=O)COC(=O)c2cc3cc(F)ccc3s2)C2(CCCCC2)C(=O)N1. The summed E-state index contributed by atoms with van der Waals surface area (Å²) in [5.41, 5.74) is -1.05. The number of nitrogens with one attached hydrogen (secondary N) is 1. The van der Waals surface area contributed by atoms with Crippen molar-refractivity contribution in [1.82, 2.24) is 10.2 Å². The minimum Gasteiger partial charge on any atom is -0.451 e. The molecular weight excluding hydrogens is 399 g/mol. The predicted molar refractivity (Wildman–Crippen MR) is 103 cm³/mol. The minimum atomic E-state index is -1.05. The number of esters is 1. The van der Waals surface area contributed by atoms with Gasteiger partial charge in [0.15, 0.2) is 6.61 Å². The van der Waals surface area contributed by atoms with Crippen molar-refractivity contribution in [3.63, 3.8) is 0 Å². The Kier molecular flexibility index (Phi) is 5.08. The molecule has 1 spiro atoms. The molecule has 9 heteroatoms. The Hall–Kier alpha value is -2.81. The van der Waals surface area contributed by atoms with Gasteiger partial charge in [-0.25, -0.2) is 9.18 Å². The summed E-state index contributed by atoms with van der Waals surface area (Å²) in [6.07, 6.45) is 3.49. The van der Waals surface area contributed by atoms with Gasteiger partial charge in [0, 0.05) is 4.70 Å². The maximum atomic E-state index is 13.3. The zero-order valence-electron chi connectivity index (χ0n) is 15.5. The molecule has 0 atom stereocenters. The largest absolute Gasteiger partial charge is 0.451 e. The fraction of sp³-hybridized carbons (Fsp3) is 0.400. The van der Waals surface area contributed by atoms with Gasteiger partial charge in [-0.3, -0.25) is 19.7 Å². The highest BCUT2D eigenvalue weighted by molar-refractivity contribution is 7.20.